The number of rotatable bonds is 11. The minimum Gasteiger partial charge on any atom is -0.379 e. The fraction of sp³-hybridized carbons (Fsp3) is 0.452. The number of carbonyl (C=O) groups excluding carboxylic acids is 3. The molecule has 4 aromatic rings. The summed E-state index contributed by atoms with van der Waals surface area (Å²) in [7, 11) is 0. The van der Waals surface area contributed by atoms with E-state index in [4.69, 9.17) is 4.74 Å². The molecule has 2 amide bonds. The number of thiazole rings is 1. The Kier molecular flexibility index (Phi) is 10.3. The molecule has 4 aromatic heterocycles. The van der Waals surface area contributed by atoms with Gasteiger partial charge in [0.2, 0.25) is 11.9 Å². The maximum absolute atomic E-state index is 14.8. The first kappa shape index (κ1) is 33.0. The Morgan fingerprint density at radius 1 is 1.09 bits per heavy atom. The lowest BCUT2D eigenvalue weighted by Gasteiger charge is -2.28. The van der Waals surface area contributed by atoms with E-state index in [1.54, 1.807) is 16.3 Å². The van der Waals surface area contributed by atoms with Crippen LogP contribution in [0.1, 0.15) is 81.1 Å². The minimum atomic E-state index is -0.878. The molecule has 15 heteroatoms. The second-order valence-electron chi connectivity index (χ2n) is 11.6. The largest absolute Gasteiger partial charge is 0.379 e. The Hall–Kier alpha value is -4.37. The highest BCUT2D eigenvalue weighted by atomic mass is 32.1. The van der Waals surface area contributed by atoms with Gasteiger partial charge in [-0.05, 0) is 57.1 Å². The van der Waals surface area contributed by atoms with Crippen LogP contribution in [0.5, 0.6) is 0 Å². The molecule has 1 atom stereocenters. The number of aromatic nitrogens is 6. The van der Waals surface area contributed by atoms with E-state index < -0.39 is 29.6 Å². The highest BCUT2D eigenvalue weighted by Crippen LogP contribution is 2.34. The van der Waals surface area contributed by atoms with E-state index >= 15 is 0 Å². The van der Waals surface area contributed by atoms with Crippen molar-refractivity contribution >= 4 is 34.7 Å². The average Bonchev–Trinajstić information content (AvgIpc) is 3.78. The molecule has 12 nitrogen and oxygen atoms in total. The van der Waals surface area contributed by atoms with Gasteiger partial charge >= 0.3 is 0 Å². The molecule has 1 saturated carbocycles. The predicted molar refractivity (Wildman–Crippen MR) is 167 cm³/mol. The van der Waals surface area contributed by atoms with Crippen LogP contribution in [-0.2, 0) is 9.53 Å². The van der Waals surface area contributed by atoms with Crippen molar-refractivity contribution in [2.75, 3.05) is 11.9 Å². The quantitative estimate of drug-likeness (QED) is 0.202. The van der Waals surface area contributed by atoms with Crippen LogP contribution in [0, 0.1) is 17.7 Å². The highest BCUT2D eigenvalue weighted by Gasteiger charge is 2.28. The van der Waals surface area contributed by atoms with Crippen molar-refractivity contribution in [2.24, 2.45) is 5.92 Å². The third-order valence-electron chi connectivity index (χ3n) is 7.61. The number of hydrogen-bond donors (Lipinski definition) is 2. The second-order valence-corrected chi connectivity index (χ2v) is 12.5. The van der Waals surface area contributed by atoms with Crippen LogP contribution in [0.4, 0.5) is 14.5 Å². The number of amides is 2. The molecule has 0 bridgehead atoms. The van der Waals surface area contributed by atoms with E-state index in [0.717, 1.165) is 42.5 Å². The van der Waals surface area contributed by atoms with Gasteiger partial charge in [-0.3, -0.25) is 19.1 Å². The summed E-state index contributed by atoms with van der Waals surface area (Å²) < 4.78 is 37.5. The van der Waals surface area contributed by atoms with E-state index in [0.29, 0.717) is 23.6 Å². The van der Waals surface area contributed by atoms with Crippen LogP contribution < -0.4 is 10.6 Å². The molecule has 1 aliphatic rings. The number of nitrogens with zero attached hydrogens (tertiary/aromatic N) is 6. The molecule has 1 aliphatic carbocycles. The molecule has 46 heavy (non-hydrogen) atoms. The van der Waals surface area contributed by atoms with Crippen LogP contribution in [0.15, 0.2) is 36.1 Å². The van der Waals surface area contributed by atoms with Gasteiger partial charge in [0.1, 0.15) is 28.1 Å². The van der Waals surface area contributed by atoms with Crippen LogP contribution >= 0.6 is 11.3 Å². The third-order valence-corrected chi connectivity index (χ3v) is 8.50. The maximum Gasteiger partial charge on any atom is 0.275 e. The van der Waals surface area contributed by atoms with Crippen LogP contribution in [-0.4, -0.2) is 66.0 Å². The van der Waals surface area contributed by atoms with E-state index in [1.165, 1.54) is 30.7 Å². The lowest BCUT2D eigenvalue weighted by atomic mass is 9.93. The molecule has 2 N–H and O–H groups in total. The third kappa shape index (κ3) is 7.70. The SMILES string of the molecule is CCOC1CCC(n2cc(NC(=O)c3csc(-c4cnn(C(=O)[C@@H](CC(C)C)NC(C)=O)c4)n3)c(-c3nc(F)ccc3F)n2)CC1. The van der Waals surface area contributed by atoms with Gasteiger partial charge in [-0.25, -0.2) is 19.0 Å². The lowest BCUT2D eigenvalue weighted by Crippen LogP contribution is -2.43. The summed E-state index contributed by atoms with van der Waals surface area (Å²) in [6.07, 6.45) is 8.38. The molecule has 0 aromatic carbocycles. The summed E-state index contributed by atoms with van der Waals surface area (Å²) in [6, 6.07) is 1.12. The Labute approximate surface area is 268 Å². The molecular formula is C31H36F2N8O4S. The monoisotopic (exact) mass is 654 g/mol. The maximum atomic E-state index is 14.8. The number of halogens is 2. The van der Waals surface area contributed by atoms with E-state index in [9.17, 15) is 23.2 Å². The predicted octanol–water partition coefficient (Wildman–Crippen LogP) is 5.51. The Bertz CT molecular complexity index is 1710. The Morgan fingerprint density at radius 2 is 1.85 bits per heavy atom. The summed E-state index contributed by atoms with van der Waals surface area (Å²) in [4.78, 5) is 46.3. The van der Waals surface area contributed by atoms with E-state index in [1.807, 2.05) is 20.8 Å². The summed E-state index contributed by atoms with van der Waals surface area (Å²) in [5.41, 5.74) is 0.422. The zero-order valence-electron chi connectivity index (χ0n) is 26.0. The van der Waals surface area contributed by atoms with Crippen molar-refractivity contribution < 1.29 is 27.9 Å². The number of pyridine rings is 1. The number of ether oxygens (including phenoxy) is 1. The summed E-state index contributed by atoms with van der Waals surface area (Å²) in [5, 5.41) is 16.1. The Morgan fingerprint density at radius 3 is 2.54 bits per heavy atom. The second kappa shape index (κ2) is 14.4. The summed E-state index contributed by atoms with van der Waals surface area (Å²) in [6.45, 7) is 7.85. The molecule has 244 valence electrons. The van der Waals surface area contributed by atoms with Crippen molar-refractivity contribution in [3.8, 4) is 22.0 Å². The molecule has 5 rings (SSSR count). The van der Waals surface area contributed by atoms with E-state index in [2.05, 4.69) is 30.8 Å². The number of anilines is 1. The van der Waals surface area contributed by atoms with Gasteiger partial charge in [-0.15, -0.1) is 11.3 Å². The number of carbonyl (C=O) groups is 3. The normalized spacial score (nSPS) is 17.2. The van der Waals surface area contributed by atoms with Crippen molar-refractivity contribution in [3.05, 3.63) is 53.6 Å². The first-order valence-corrected chi connectivity index (χ1v) is 16.1. The zero-order chi connectivity index (χ0) is 33.0. The average molecular weight is 655 g/mol. The molecule has 0 saturated heterocycles. The number of nitrogens with one attached hydrogen (secondary N) is 2. The highest BCUT2D eigenvalue weighted by molar-refractivity contribution is 7.13. The summed E-state index contributed by atoms with van der Waals surface area (Å²) >= 11 is 1.17. The van der Waals surface area contributed by atoms with Crippen LogP contribution in [0.2, 0.25) is 0 Å². The molecule has 0 unspecified atom stereocenters. The standard InChI is InChI=1S/C31H36F2N8O4S/c1-5-45-21-8-6-20(7-9-21)40-15-24(28(39-40)27-22(32)10-11-26(33)38-27)36-29(43)25-16-46-30(37-25)19-13-34-41(14-19)31(44)23(12-17(2)3)35-18(4)42/h10-11,13-17,20-21,23H,5-9,12H2,1-4H3,(H,35,42)(H,36,43)/t20?,21?,23-/m1/s1. The molecule has 4 heterocycles. The first-order valence-electron chi connectivity index (χ1n) is 15.2. The van der Waals surface area contributed by atoms with Gasteiger partial charge in [-0.2, -0.15) is 14.6 Å². The molecule has 0 spiro atoms. The molecule has 0 radical (unpaired) electrons. The first-order chi connectivity index (χ1) is 22.0. The van der Waals surface area contributed by atoms with Gasteiger partial charge in [0, 0.05) is 36.9 Å². The van der Waals surface area contributed by atoms with E-state index in [-0.39, 0.29) is 46.7 Å². The van der Waals surface area contributed by atoms with Gasteiger partial charge in [-0.1, -0.05) is 13.8 Å². The van der Waals surface area contributed by atoms with Crippen molar-refractivity contribution in [1.82, 2.24) is 34.8 Å². The molecule has 1 fully saturated rings. The van der Waals surface area contributed by atoms with Crippen LogP contribution in [0.25, 0.3) is 22.0 Å². The van der Waals surface area contributed by atoms with Crippen molar-refractivity contribution in [2.45, 2.75) is 78.0 Å². The fourth-order valence-corrected chi connectivity index (χ4v) is 6.27. The van der Waals surface area contributed by atoms with Gasteiger partial charge < -0.3 is 15.4 Å². The van der Waals surface area contributed by atoms with Crippen molar-refractivity contribution in [3.63, 3.8) is 0 Å². The van der Waals surface area contributed by atoms with Crippen LogP contribution in [0.3, 0.4) is 0 Å². The Balaban J connectivity index is 1.36. The minimum absolute atomic E-state index is 0.00245. The molecular weight excluding hydrogens is 618 g/mol. The summed E-state index contributed by atoms with van der Waals surface area (Å²) in [5.74, 6) is -2.80. The molecule has 0 aliphatic heterocycles. The topological polar surface area (TPSA) is 146 Å². The van der Waals surface area contributed by atoms with Gasteiger partial charge in [0.15, 0.2) is 5.82 Å². The fourth-order valence-electron chi connectivity index (χ4n) is 5.49. The van der Waals surface area contributed by atoms with Gasteiger partial charge in [0.05, 0.1) is 24.0 Å². The van der Waals surface area contributed by atoms with Gasteiger partial charge in [0.25, 0.3) is 11.8 Å². The number of hydrogen-bond acceptors (Lipinski definition) is 9. The smallest absolute Gasteiger partial charge is 0.275 e. The zero-order valence-corrected chi connectivity index (χ0v) is 26.8. The lowest BCUT2D eigenvalue weighted by molar-refractivity contribution is -0.119. The van der Waals surface area contributed by atoms with Crippen molar-refractivity contribution in [1.29, 1.82) is 0 Å².